The van der Waals surface area contributed by atoms with Gasteiger partial charge in [0.05, 0.1) is 18.3 Å². The van der Waals surface area contributed by atoms with Crippen LogP contribution in [0.5, 0.6) is 5.75 Å². The van der Waals surface area contributed by atoms with Crippen LogP contribution >= 0.6 is 11.8 Å². The van der Waals surface area contributed by atoms with Crippen LogP contribution < -0.4 is 9.64 Å². The van der Waals surface area contributed by atoms with E-state index in [0.29, 0.717) is 26.1 Å². The van der Waals surface area contributed by atoms with Crippen LogP contribution in [0.25, 0.3) is 0 Å². The third-order valence-electron chi connectivity index (χ3n) is 4.47. The molecule has 1 atom stereocenters. The van der Waals surface area contributed by atoms with Gasteiger partial charge in [0.15, 0.2) is 0 Å². The summed E-state index contributed by atoms with van der Waals surface area (Å²) in [6.45, 7) is 6.14. The minimum absolute atomic E-state index is 0.156. The lowest BCUT2D eigenvalue weighted by Crippen LogP contribution is -2.62. The van der Waals surface area contributed by atoms with E-state index in [9.17, 15) is 9.90 Å². The first-order valence-corrected chi connectivity index (χ1v) is 9.66. The quantitative estimate of drug-likeness (QED) is 0.851. The van der Waals surface area contributed by atoms with E-state index in [1.807, 2.05) is 30.5 Å². The molecule has 1 amide bonds. The largest absolute Gasteiger partial charge is 0.495 e. The normalized spacial score (nSPS) is 18.4. The lowest BCUT2D eigenvalue weighted by molar-refractivity contribution is -0.141. The number of piperazine rings is 1. The Hall–Kier alpha value is -1.40. The van der Waals surface area contributed by atoms with Gasteiger partial charge in [0.25, 0.3) is 5.91 Å². The highest BCUT2D eigenvalue weighted by atomic mass is 32.2. The summed E-state index contributed by atoms with van der Waals surface area (Å²) < 4.78 is 5.48. The fourth-order valence-electron chi connectivity index (χ4n) is 3.21. The van der Waals surface area contributed by atoms with E-state index in [2.05, 4.69) is 18.7 Å². The molecule has 2 rings (SSSR count). The van der Waals surface area contributed by atoms with E-state index in [1.54, 1.807) is 23.8 Å². The Morgan fingerprint density at radius 3 is 2.71 bits per heavy atom. The van der Waals surface area contributed by atoms with Crippen LogP contribution in [-0.2, 0) is 4.79 Å². The van der Waals surface area contributed by atoms with Crippen molar-refractivity contribution in [2.45, 2.75) is 31.9 Å². The molecule has 6 heteroatoms. The number of benzene rings is 1. The van der Waals surface area contributed by atoms with E-state index in [-0.39, 0.29) is 11.4 Å². The number of carbonyl (C=O) groups is 1. The van der Waals surface area contributed by atoms with Crippen molar-refractivity contribution >= 4 is 23.4 Å². The van der Waals surface area contributed by atoms with Gasteiger partial charge in [-0.3, -0.25) is 4.79 Å². The first-order valence-electron chi connectivity index (χ1n) is 8.27. The standard InChI is InChI=1S/C18H28N2O3S/c1-18(2)13-19(17(22)15(21)9-12-24-4)10-11-20(18)14-7-5-6-8-16(14)23-3/h5-8,15,21H,9-13H2,1-4H3/t15-/m0/s1. The number of hydrogen-bond acceptors (Lipinski definition) is 5. The van der Waals surface area contributed by atoms with Gasteiger partial charge in [0.1, 0.15) is 11.9 Å². The van der Waals surface area contributed by atoms with Gasteiger partial charge in [-0.25, -0.2) is 0 Å². The van der Waals surface area contributed by atoms with E-state index >= 15 is 0 Å². The van der Waals surface area contributed by atoms with Crippen molar-refractivity contribution in [1.82, 2.24) is 4.90 Å². The Kier molecular flexibility index (Phi) is 6.40. The second-order valence-corrected chi connectivity index (χ2v) is 7.68. The number of ether oxygens (including phenoxy) is 1. The smallest absolute Gasteiger partial charge is 0.251 e. The molecule has 0 bridgehead atoms. The monoisotopic (exact) mass is 352 g/mol. The fraction of sp³-hybridized carbons (Fsp3) is 0.611. The summed E-state index contributed by atoms with van der Waals surface area (Å²) in [7, 11) is 1.67. The molecule has 1 aromatic carbocycles. The van der Waals surface area contributed by atoms with Crippen molar-refractivity contribution < 1.29 is 14.6 Å². The van der Waals surface area contributed by atoms with Gasteiger partial charge in [0, 0.05) is 19.6 Å². The van der Waals surface area contributed by atoms with Crippen molar-refractivity contribution in [3.63, 3.8) is 0 Å². The molecule has 1 saturated heterocycles. The Bertz CT molecular complexity index is 565. The number of aliphatic hydroxyl groups is 1. The summed E-state index contributed by atoms with van der Waals surface area (Å²) in [5, 5.41) is 10.1. The predicted molar refractivity (Wildman–Crippen MR) is 100 cm³/mol. The number of amides is 1. The van der Waals surface area contributed by atoms with Crippen LogP contribution in [0.1, 0.15) is 20.3 Å². The number of para-hydroxylation sites is 2. The first kappa shape index (κ1) is 18.9. The molecule has 0 radical (unpaired) electrons. The molecule has 5 nitrogen and oxygen atoms in total. The van der Waals surface area contributed by atoms with Gasteiger partial charge in [-0.05, 0) is 44.4 Å². The summed E-state index contributed by atoms with van der Waals surface area (Å²) in [4.78, 5) is 16.6. The van der Waals surface area contributed by atoms with Crippen molar-refractivity contribution in [3.8, 4) is 5.75 Å². The molecule has 24 heavy (non-hydrogen) atoms. The first-order chi connectivity index (χ1) is 11.4. The molecule has 1 fully saturated rings. The van der Waals surface area contributed by atoms with Crippen molar-refractivity contribution in [1.29, 1.82) is 0 Å². The number of hydrogen-bond donors (Lipinski definition) is 1. The maximum atomic E-state index is 12.5. The highest BCUT2D eigenvalue weighted by Crippen LogP contribution is 2.34. The van der Waals surface area contributed by atoms with Crippen molar-refractivity contribution in [2.24, 2.45) is 0 Å². The van der Waals surface area contributed by atoms with Gasteiger partial charge in [0.2, 0.25) is 0 Å². The van der Waals surface area contributed by atoms with Crippen LogP contribution in [0.15, 0.2) is 24.3 Å². The van der Waals surface area contributed by atoms with Crippen LogP contribution in [-0.4, -0.2) is 66.3 Å². The summed E-state index contributed by atoms with van der Waals surface area (Å²) >= 11 is 1.64. The molecule has 0 spiro atoms. The SMILES string of the molecule is COc1ccccc1N1CCN(C(=O)[C@@H](O)CCSC)CC1(C)C. The Morgan fingerprint density at radius 2 is 2.08 bits per heavy atom. The zero-order chi connectivity index (χ0) is 17.7. The molecule has 0 saturated carbocycles. The molecule has 1 N–H and O–H groups in total. The minimum Gasteiger partial charge on any atom is -0.495 e. The Balaban J connectivity index is 2.11. The summed E-state index contributed by atoms with van der Waals surface area (Å²) in [6.07, 6.45) is 1.59. The zero-order valence-corrected chi connectivity index (χ0v) is 15.8. The highest BCUT2D eigenvalue weighted by molar-refractivity contribution is 7.98. The van der Waals surface area contributed by atoms with Gasteiger partial charge in [-0.15, -0.1) is 0 Å². The van der Waals surface area contributed by atoms with Gasteiger partial charge in [-0.1, -0.05) is 12.1 Å². The average Bonchev–Trinajstić information content (AvgIpc) is 2.58. The molecule has 1 heterocycles. The zero-order valence-electron chi connectivity index (χ0n) is 15.0. The maximum Gasteiger partial charge on any atom is 0.251 e. The maximum absolute atomic E-state index is 12.5. The third kappa shape index (κ3) is 4.16. The van der Waals surface area contributed by atoms with Gasteiger partial charge >= 0.3 is 0 Å². The molecule has 1 aliphatic heterocycles. The van der Waals surface area contributed by atoms with Crippen LogP contribution in [0.3, 0.4) is 0 Å². The van der Waals surface area contributed by atoms with Gasteiger partial charge < -0.3 is 19.6 Å². The second kappa shape index (κ2) is 8.12. The summed E-state index contributed by atoms with van der Waals surface area (Å²) in [5.74, 6) is 1.47. The second-order valence-electron chi connectivity index (χ2n) is 6.69. The molecular weight excluding hydrogens is 324 g/mol. The van der Waals surface area contributed by atoms with Crippen LogP contribution in [0, 0.1) is 0 Å². The van der Waals surface area contributed by atoms with Gasteiger partial charge in [-0.2, -0.15) is 11.8 Å². The number of methoxy groups -OCH3 is 1. The number of carbonyl (C=O) groups excluding carboxylic acids is 1. The molecular formula is C18H28N2O3S. The van der Waals surface area contributed by atoms with Crippen LogP contribution in [0.2, 0.25) is 0 Å². The lowest BCUT2D eigenvalue weighted by atomic mass is 9.96. The van der Waals surface area contributed by atoms with Crippen molar-refractivity contribution in [3.05, 3.63) is 24.3 Å². The number of thioether (sulfide) groups is 1. The molecule has 0 unspecified atom stereocenters. The molecule has 134 valence electrons. The average molecular weight is 353 g/mol. The fourth-order valence-corrected chi connectivity index (χ4v) is 3.66. The molecule has 1 aliphatic rings. The Morgan fingerprint density at radius 1 is 1.38 bits per heavy atom. The minimum atomic E-state index is -0.897. The molecule has 1 aromatic rings. The van der Waals surface area contributed by atoms with Crippen LogP contribution in [0.4, 0.5) is 5.69 Å². The highest BCUT2D eigenvalue weighted by Gasteiger charge is 2.38. The Labute approximate surface area is 149 Å². The summed E-state index contributed by atoms with van der Waals surface area (Å²) in [5.41, 5.74) is 0.807. The number of nitrogens with zero attached hydrogens (tertiary/aromatic N) is 2. The number of rotatable bonds is 6. The third-order valence-corrected chi connectivity index (χ3v) is 5.11. The molecule has 0 aromatic heterocycles. The van der Waals surface area contributed by atoms with E-state index in [4.69, 9.17) is 4.74 Å². The molecule has 0 aliphatic carbocycles. The van der Waals surface area contributed by atoms with E-state index < -0.39 is 6.10 Å². The van der Waals surface area contributed by atoms with E-state index in [0.717, 1.165) is 17.2 Å². The lowest BCUT2D eigenvalue weighted by Gasteiger charge is -2.49. The van der Waals surface area contributed by atoms with E-state index in [1.165, 1.54) is 0 Å². The summed E-state index contributed by atoms with van der Waals surface area (Å²) in [6, 6.07) is 7.95. The topological polar surface area (TPSA) is 53.0 Å². The van der Waals surface area contributed by atoms with Crippen molar-refractivity contribution in [2.75, 3.05) is 43.7 Å². The predicted octanol–water partition coefficient (Wildman–Crippen LogP) is 2.24. The number of aliphatic hydroxyl groups excluding tert-OH is 1. The number of anilines is 1.